The second kappa shape index (κ2) is 23.3. The molecule has 2 aromatic carbocycles. The quantitative estimate of drug-likeness (QED) is 0.179. The second-order valence-corrected chi connectivity index (χ2v) is 9.73. The Hall–Kier alpha value is -1.41. The number of hydrogen-bond acceptors (Lipinski definition) is 1. The van der Waals surface area contributed by atoms with Crippen LogP contribution >= 0.6 is 0 Å². The Balaban J connectivity index is 0. The van der Waals surface area contributed by atoms with E-state index in [-0.39, 0.29) is 21.7 Å². The Kier molecular flexibility index (Phi) is 23.9. The maximum absolute atomic E-state index is 2.27. The van der Waals surface area contributed by atoms with Gasteiger partial charge in [-0.2, -0.15) is 0 Å². The third-order valence-electron chi connectivity index (χ3n) is 5.59. The molecule has 186 valence electrons. The summed E-state index contributed by atoms with van der Waals surface area (Å²) < 4.78 is 0. The fraction of sp³-hybridized carbons (Fsp3) is 0.500. The van der Waals surface area contributed by atoms with Crippen LogP contribution in [0.1, 0.15) is 97.1 Å². The van der Waals surface area contributed by atoms with Crippen molar-refractivity contribution in [2.24, 2.45) is 0 Å². The summed E-state index contributed by atoms with van der Waals surface area (Å²) in [6, 6.07) is 20.6. The third-order valence-corrected chi connectivity index (χ3v) is 5.59. The molecule has 0 spiro atoms. The zero-order chi connectivity index (χ0) is 24.8. The van der Waals surface area contributed by atoms with Gasteiger partial charge in [0.2, 0.25) is 0 Å². The van der Waals surface area contributed by atoms with Crippen LogP contribution in [-0.4, -0.2) is 24.5 Å². The van der Waals surface area contributed by atoms with Gasteiger partial charge >= 0.3 is 21.7 Å². The second-order valence-electron chi connectivity index (χ2n) is 9.73. The van der Waals surface area contributed by atoms with Crippen molar-refractivity contribution in [1.82, 2.24) is 4.90 Å². The van der Waals surface area contributed by atoms with E-state index in [9.17, 15) is 0 Å². The Morgan fingerprint density at radius 3 is 1.15 bits per heavy atom. The Morgan fingerprint density at radius 2 is 0.882 bits per heavy atom. The van der Waals surface area contributed by atoms with Crippen molar-refractivity contribution in [2.75, 3.05) is 14.1 Å². The monoisotopic (exact) mass is 497 g/mol. The molecule has 2 aromatic rings. The third kappa shape index (κ3) is 22.4. The zero-order valence-electron chi connectivity index (χ0n) is 23.2. The van der Waals surface area contributed by atoms with E-state index in [1.807, 2.05) is 36.4 Å². The van der Waals surface area contributed by atoms with Crippen molar-refractivity contribution in [1.29, 1.82) is 0 Å². The first-order valence-corrected chi connectivity index (χ1v) is 12.9. The van der Waals surface area contributed by atoms with Crippen LogP contribution in [0.4, 0.5) is 0 Å². The maximum Gasteiger partial charge on any atom is 2.00 e. The van der Waals surface area contributed by atoms with Crippen LogP contribution in [0.2, 0.25) is 0 Å². The molecule has 0 aromatic heterocycles. The average molecular weight is 498 g/mol. The van der Waals surface area contributed by atoms with Gasteiger partial charge in [0.1, 0.15) is 0 Å². The van der Waals surface area contributed by atoms with Gasteiger partial charge in [-0.3, -0.25) is 0 Å². The Labute approximate surface area is 227 Å². The Bertz CT molecular complexity index is 656. The van der Waals surface area contributed by atoms with Gasteiger partial charge in [-0.05, 0) is 46.0 Å². The summed E-state index contributed by atoms with van der Waals surface area (Å²) in [4.78, 5) is 2.19. The predicted octanol–water partition coefficient (Wildman–Crippen LogP) is 9.90. The van der Waals surface area contributed by atoms with E-state index in [0.717, 1.165) is 0 Å². The van der Waals surface area contributed by atoms with Crippen molar-refractivity contribution in [3.8, 4) is 0 Å². The van der Waals surface area contributed by atoms with Crippen LogP contribution in [0.15, 0.2) is 72.8 Å². The number of rotatable bonds is 10. The van der Waals surface area contributed by atoms with Crippen molar-refractivity contribution in [2.45, 2.75) is 91.5 Å². The number of allylic oxidation sites excluding steroid dienone is 2. The molecule has 0 aliphatic carbocycles. The molecule has 0 radical (unpaired) electrons. The maximum atomic E-state index is 2.27. The van der Waals surface area contributed by atoms with Crippen LogP contribution < -0.4 is 0 Å². The van der Waals surface area contributed by atoms with Crippen LogP contribution in [0, 0.1) is 0 Å². The fourth-order valence-electron chi connectivity index (χ4n) is 2.67. The van der Waals surface area contributed by atoms with E-state index < -0.39 is 0 Å². The summed E-state index contributed by atoms with van der Waals surface area (Å²) in [5.41, 5.74) is 2.78. The summed E-state index contributed by atoms with van der Waals surface area (Å²) in [6.45, 7) is 11.1. The van der Waals surface area contributed by atoms with Crippen LogP contribution in [0.5, 0.6) is 0 Å². The number of nitrogens with zero attached hydrogens (tertiary/aromatic N) is 1. The van der Waals surface area contributed by atoms with E-state index >= 15 is 0 Å². The van der Waals surface area contributed by atoms with Gasteiger partial charge in [0, 0.05) is 5.54 Å². The molecule has 0 saturated heterocycles. The summed E-state index contributed by atoms with van der Waals surface area (Å²) in [7, 11) is 4.17. The summed E-state index contributed by atoms with van der Waals surface area (Å²) in [6.07, 6.45) is 19.8. The first kappa shape index (κ1) is 34.8. The van der Waals surface area contributed by atoms with Crippen molar-refractivity contribution < 1.29 is 21.7 Å². The van der Waals surface area contributed by atoms with Crippen LogP contribution in [0.25, 0.3) is 12.2 Å². The molecular formula is C32H51NTi+2. The zero-order valence-corrected chi connectivity index (χ0v) is 24.7. The van der Waals surface area contributed by atoms with Gasteiger partial charge < -0.3 is 4.90 Å². The fourth-order valence-corrected chi connectivity index (χ4v) is 2.67. The minimum Gasteiger partial charge on any atom is -0.305 e. The van der Waals surface area contributed by atoms with Gasteiger partial charge in [0.05, 0.1) is 0 Å². The molecule has 0 N–H and O–H groups in total. The van der Waals surface area contributed by atoms with E-state index in [1.54, 1.807) is 0 Å². The molecule has 1 nitrogen and oxygen atoms in total. The van der Waals surface area contributed by atoms with E-state index in [1.165, 1.54) is 62.5 Å². The van der Waals surface area contributed by atoms with Gasteiger partial charge in [0.15, 0.2) is 0 Å². The molecule has 0 atom stereocenters. The molecule has 2 heteroatoms. The summed E-state index contributed by atoms with van der Waals surface area (Å²) in [5.74, 6) is 0. The van der Waals surface area contributed by atoms with Gasteiger partial charge in [-0.15, -0.1) is 0 Å². The molecular weight excluding hydrogens is 446 g/mol. The molecule has 0 heterocycles. The van der Waals surface area contributed by atoms with E-state index in [2.05, 4.69) is 102 Å². The SMILES string of the molecule is C(C=Cc1ccccc1)=Cc1ccccc1.CCCCCCCCCC.CN(C)C(C)(C)C.[Ti+2]. The van der Waals surface area contributed by atoms with Crippen molar-refractivity contribution in [3.63, 3.8) is 0 Å². The minimum absolute atomic E-state index is 0. The van der Waals surface area contributed by atoms with Gasteiger partial charge in [-0.1, -0.05) is 150 Å². The van der Waals surface area contributed by atoms with Crippen LogP contribution in [-0.2, 0) is 21.7 Å². The topological polar surface area (TPSA) is 3.24 Å². The molecule has 0 fully saturated rings. The first-order chi connectivity index (χ1) is 15.8. The standard InChI is InChI=1S/C16H14.C10H22.C6H15N.Ti/c1-3-9-15(10-4-1)13-7-8-14-16-11-5-2-6-12-16;1-3-5-7-9-10-8-6-4-2;1-6(2,3)7(4)5;/h1-14H;3-10H2,1-2H3;1-5H3;/q;;;+2. The van der Waals surface area contributed by atoms with Crippen LogP contribution in [0.3, 0.4) is 0 Å². The summed E-state index contributed by atoms with van der Waals surface area (Å²) >= 11 is 0. The molecule has 2 rings (SSSR count). The Morgan fingerprint density at radius 1 is 0.588 bits per heavy atom. The molecule has 0 saturated carbocycles. The summed E-state index contributed by atoms with van der Waals surface area (Å²) in [5, 5.41) is 0. The van der Waals surface area contributed by atoms with Gasteiger partial charge in [-0.25, -0.2) is 0 Å². The minimum atomic E-state index is 0. The predicted molar refractivity (Wildman–Crippen MR) is 153 cm³/mol. The molecule has 0 aliphatic rings. The molecule has 34 heavy (non-hydrogen) atoms. The largest absolute Gasteiger partial charge is 2.00 e. The van der Waals surface area contributed by atoms with Gasteiger partial charge in [0.25, 0.3) is 0 Å². The smallest absolute Gasteiger partial charge is 0.305 e. The van der Waals surface area contributed by atoms with E-state index in [0.29, 0.717) is 5.54 Å². The number of hydrogen-bond donors (Lipinski definition) is 0. The normalized spacial score (nSPS) is 10.9. The van der Waals surface area contributed by atoms with Crippen molar-refractivity contribution in [3.05, 3.63) is 83.9 Å². The number of unbranched alkanes of at least 4 members (excludes halogenated alkanes) is 7. The molecule has 0 unspecified atom stereocenters. The van der Waals surface area contributed by atoms with E-state index in [4.69, 9.17) is 0 Å². The van der Waals surface area contributed by atoms with Crippen molar-refractivity contribution >= 4 is 12.2 Å². The first-order valence-electron chi connectivity index (χ1n) is 12.9. The molecule has 0 amide bonds. The molecule has 0 bridgehead atoms. The molecule has 0 aliphatic heterocycles. The average Bonchev–Trinajstić information content (AvgIpc) is 2.81. The number of benzene rings is 2.